The second-order valence-corrected chi connectivity index (χ2v) is 7.15. The van der Waals surface area contributed by atoms with Gasteiger partial charge in [-0.15, -0.1) is 6.58 Å². The second kappa shape index (κ2) is 8.31. The van der Waals surface area contributed by atoms with E-state index in [-0.39, 0.29) is 5.92 Å². The number of piperidine rings is 1. The van der Waals surface area contributed by atoms with Crippen LogP contribution in [0.4, 0.5) is 18.9 Å². The summed E-state index contributed by atoms with van der Waals surface area (Å²) >= 11 is 0. The van der Waals surface area contributed by atoms with Crippen molar-refractivity contribution in [1.82, 2.24) is 9.97 Å². The van der Waals surface area contributed by atoms with Gasteiger partial charge in [-0.05, 0) is 49.8 Å². The lowest BCUT2D eigenvalue weighted by molar-refractivity contribution is -0.141. The van der Waals surface area contributed by atoms with E-state index in [4.69, 9.17) is 0 Å². The predicted molar refractivity (Wildman–Crippen MR) is 102 cm³/mol. The van der Waals surface area contributed by atoms with Crippen molar-refractivity contribution >= 4 is 5.69 Å². The Bertz CT molecular complexity index is 772. The lowest BCUT2D eigenvalue weighted by atomic mass is 9.74. The van der Waals surface area contributed by atoms with Gasteiger partial charge in [-0.3, -0.25) is 4.98 Å². The number of pyridine rings is 2. The van der Waals surface area contributed by atoms with Crippen LogP contribution in [0, 0.1) is 5.92 Å². The molecule has 4 nitrogen and oxygen atoms in total. The molecule has 1 aliphatic heterocycles. The molecular weight excluding hydrogens is 367 g/mol. The van der Waals surface area contributed by atoms with E-state index >= 15 is 0 Å². The number of alkyl halides is 3. The summed E-state index contributed by atoms with van der Waals surface area (Å²) in [6.45, 7) is 5.05. The van der Waals surface area contributed by atoms with Gasteiger partial charge in [0.1, 0.15) is 5.69 Å². The molecule has 0 amide bonds. The minimum absolute atomic E-state index is 0.0373. The molecule has 7 heteroatoms. The van der Waals surface area contributed by atoms with Crippen molar-refractivity contribution in [2.24, 2.45) is 5.92 Å². The zero-order valence-electron chi connectivity index (χ0n) is 15.6. The summed E-state index contributed by atoms with van der Waals surface area (Å²) in [5.74, 6) is 0.0373. The number of anilines is 1. The van der Waals surface area contributed by atoms with Crippen LogP contribution >= 0.6 is 0 Å². The molecule has 28 heavy (non-hydrogen) atoms. The van der Waals surface area contributed by atoms with Gasteiger partial charge in [-0.2, -0.15) is 13.2 Å². The molecule has 0 radical (unpaired) electrons. The fourth-order valence-corrected chi connectivity index (χ4v) is 3.88. The third-order valence-corrected chi connectivity index (χ3v) is 5.46. The van der Waals surface area contributed by atoms with Crippen LogP contribution in [0.3, 0.4) is 0 Å². The van der Waals surface area contributed by atoms with Crippen molar-refractivity contribution in [3.8, 4) is 0 Å². The van der Waals surface area contributed by atoms with E-state index in [0.29, 0.717) is 31.6 Å². The minimum Gasteiger partial charge on any atom is -0.385 e. The van der Waals surface area contributed by atoms with Crippen LogP contribution in [0.5, 0.6) is 0 Å². The number of rotatable bonds is 6. The van der Waals surface area contributed by atoms with Crippen LogP contribution in [0.1, 0.15) is 36.9 Å². The summed E-state index contributed by atoms with van der Waals surface area (Å²) < 4.78 is 38.1. The highest BCUT2D eigenvalue weighted by molar-refractivity contribution is 5.45. The van der Waals surface area contributed by atoms with E-state index in [9.17, 15) is 18.3 Å². The molecule has 0 saturated carbocycles. The molecule has 1 saturated heterocycles. The smallest absolute Gasteiger partial charge is 0.385 e. The van der Waals surface area contributed by atoms with Crippen LogP contribution in [-0.4, -0.2) is 28.2 Å². The van der Waals surface area contributed by atoms with Crippen LogP contribution < -0.4 is 4.90 Å². The Morgan fingerprint density at radius 1 is 1.18 bits per heavy atom. The van der Waals surface area contributed by atoms with E-state index < -0.39 is 17.5 Å². The number of halogens is 3. The van der Waals surface area contributed by atoms with E-state index in [1.807, 2.05) is 17.0 Å². The Morgan fingerprint density at radius 2 is 1.93 bits per heavy atom. The first-order valence-corrected chi connectivity index (χ1v) is 9.36. The first-order chi connectivity index (χ1) is 13.3. The fourth-order valence-electron chi connectivity index (χ4n) is 3.88. The van der Waals surface area contributed by atoms with Gasteiger partial charge in [0.25, 0.3) is 0 Å². The molecule has 0 aromatic carbocycles. The minimum atomic E-state index is -4.43. The van der Waals surface area contributed by atoms with Gasteiger partial charge in [0.15, 0.2) is 0 Å². The Morgan fingerprint density at radius 3 is 2.46 bits per heavy atom. The number of allylic oxidation sites excluding steroid dienone is 1. The van der Waals surface area contributed by atoms with E-state index in [0.717, 1.165) is 24.5 Å². The van der Waals surface area contributed by atoms with Crippen LogP contribution in [0.25, 0.3) is 0 Å². The van der Waals surface area contributed by atoms with E-state index in [1.54, 1.807) is 18.5 Å². The highest BCUT2D eigenvalue weighted by atomic mass is 19.4. The zero-order chi connectivity index (χ0) is 20.2. The average molecular weight is 391 g/mol. The van der Waals surface area contributed by atoms with Gasteiger partial charge in [0.05, 0.1) is 17.5 Å². The van der Waals surface area contributed by atoms with Gasteiger partial charge in [-0.1, -0.05) is 12.1 Å². The number of hydrogen-bond donors (Lipinski definition) is 1. The van der Waals surface area contributed by atoms with Gasteiger partial charge in [0, 0.05) is 31.0 Å². The standard InChI is InChI=1S/C21H24F3N3O/c1-2-3-10-20(28,17-5-4-11-25-14-17)16-8-12-27(13-9-16)18-6-7-19(26-15-18)21(22,23)24/h2,4-7,11,14-16,28H,1,3,8-10,12-13H2. The molecule has 2 aromatic heterocycles. The molecule has 0 bridgehead atoms. The maximum Gasteiger partial charge on any atom is 0.433 e. The van der Waals surface area contributed by atoms with Gasteiger partial charge in [-0.25, -0.2) is 4.98 Å². The van der Waals surface area contributed by atoms with Gasteiger partial charge in [0.2, 0.25) is 0 Å². The molecule has 1 fully saturated rings. The summed E-state index contributed by atoms with van der Waals surface area (Å²) in [4.78, 5) is 9.71. The quantitative estimate of drug-likeness (QED) is 0.733. The maximum absolute atomic E-state index is 12.7. The van der Waals surface area contributed by atoms with Gasteiger partial charge >= 0.3 is 6.18 Å². The molecule has 1 atom stereocenters. The topological polar surface area (TPSA) is 49.3 Å². The highest BCUT2D eigenvalue weighted by Gasteiger charge is 2.40. The Hall–Kier alpha value is -2.41. The molecule has 150 valence electrons. The number of nitrogens with zero attached hydrogens (tertiary/aromatic N) is 3. The third-order valence-electron chi connectivity index (χ3n) is 5.46. The van der Waals surface area contributed by atoms with E-state index in [1.165, 1.54) is 12.3 Å². The molecular formula is C21H24F3N3O. The van der Waals surface area contributed by atoms with Crippen molar-refractivity contribution in [3.05, 3.63) is 66.8 Å². The van der Waals surface area contributed by atoms with Crippen molar-refractivity contribution in [1.29, 1.82) is 0 Å². The van der Waals surface area contributed by atoms with Crippen molar-refractivity contribution in [2.45, 2.75) is 37.5 Å². The fraction of sp³-hybridized carbons (Fsp3) is 0.429. The number of aliphatic hydroxyl groups is 1. The molecule has 2 aromatic rings. The second-order valence-electron chi connectivity index (χ2n) is 7.15. The highest BCUT2D eigenvalue weighted by Crippen LogP contribution is 2.40. The van der Waals surface area contributed by atoms with E-state index in [2.05, 4.69) is 16.5 Å². The summed E-state index contributed by atoms with van der Waals surface area (Å²) in [6.07, 6.45) is 4.72. The van der Waals surface area contributed by atoms with Gasteiger partial charge < -0.3 is 10.0 Å². The van der Waals surface area contributed by atoms with Crippen LogP contribution in [0.2, 0.25) is 0 Å². The molecule has 1 N–H and O–H groups in total. The SMILES string of the molecule is C=CCCC(O)(c1cccnc1)C1CCN(c2ccc(C(F)(F)F)nc2)CC1. The molecule has 0 aliphatic carbocycles. The van der Waals surface area contributed by atoms with Crippen LogP contribution in [-0.2, 0) is 11.8 Å². The molecule has 1 aliphatic rings. The summed E-state index contributed by atoms with van der Waals surface area (Å²) in [5.41, 5.74) is -0.414. The summed E-state index contributed by atoms with van der Waals surface area (Å²) in [5, 5.41) is 11.5. The lowest BCUT2D eigenvalue weighted by Crippen LogP contribution is -2.43. The molecule has 3 heterocycles. The molecule has 0 spiro atoms. The number of hydrogen-bond acceptors (Lipinski definition) is 4. The summed E-state index contributed by atoms with van der Waals surface area (Å²) in [6, 6.07) is 6.18. The average Bonchev–Trinajstić information content (AvgIpc) is 2.72. The Kier molecular flexibility index (Phi) is 6.03. The third kappa shape index (κ3) is 4.35. The van der Waals surface area contributed by atoms with Crippen molar-refractivity contribution < 1.29 is 18.3 Å². The lowest BCUT2D eigenvalue weighted by Gasteiger charge is -2.42. The predicted octanol–water partition coefficient (Wildman–Crippen LogP) is 4.57. The first kappa shape index (κ1) is 20.3. The largest absolute Gasteiger partial charge is 0.433 e. The Labute approximate surface area is 162 Å². The van der Waals surface area contributed by atoms with Crippen molar-refractivity contribution in [2.75, 3.05) is 18.0 Å². The first-order valence-electron chi connectivity index (χ1n) is 9.36. The maximum atomic E-state index is 12.7. The Balaban J connectivity index is 1.71. The normalized spacial score (nSPS) is 17.9. The van der Waals surface area contributed by atoms with Crippen LogP contribution in [0.15, 0.2) is 55.5 Å². The number of aromatic nitrogens is 2. The zero-order valence-corrected chi connectivity index (χ0v) is 15.6. The van der Waals surface area contributed by atoms with Crippen molar-refractivity contribution in [3.63, 3.8) is 0 Å². The monoisotopic (exact) mass is 391 g/mol. The molecule has 3 rings (SSSR count). The molecule has 1 unspecified atom stereocenters. The summed E-state index contributed by atoms with van der Waals surface area (Å²) in [7, 11) is 0.